The van der Waals surface area contributed by atoms with E-state index in [1.807, 2.05) is 25.1 Å². The second kappa shape index (κ2) is 9.98. The van der Waals surface area contributed by atoms with Crippen LogP contribution in [-0.4, -0.2) is 35.1 Å². The molecular formula is C26H30ClN3O3. The van der Waals surface area contributed by atoms with Crippen molar-refractivity contribution in [2.45, 2.75) is 57.5 Å². The molecule has 1 aliphatic rings. The van der Waals surface area contributed by atoms with E-state index >= 15 is 0 Å². The number of aromatic hydroxyl groups is 1. The maximum Gasteiger partial charge on any atom is 0.176 e. The number of nitrogens with zero attached hydrogens (tertiary/aromatic N) is 1. The number of methoxy groups -OCH3 is 1. The SMILES string of the molecule is CCCC(=O)c1cnc2ccc(-c3cc(Cl)c(O)c(OC)c3)cc2c1N[C@H]1CC[C@H](N)CC1. The summed E-state index contributed by atoms with van der Waals surface area (Å²) in [6.45, 7) is 2.00. The second-order valence-corrected chi connectivity index (χ2v) is 9.12. The van der Waals surface area contributed by atoms with Crippen molar-refractivity contribution in [3.05, 3.63) is 47.1 Å². The van der Waals surface area contributed by atoms with Crippen molar-refractivity contribution in [3.8, 4) is 22.6 Å². The number of phenolic OH excluding ortho intramolecular Hbond substituents is 1. The predicted molar refractivity (Wildman–Crippen MR) is 133 cm³/mol. The quantitative estimate of drug-likeness (QED) is 0.372. The van der Waals surface area contributed by atoms with Crippen molar-refractivity contribution in [1.29, 1.82) is 0 Å². The van der Waals surface area contributed by atoms with Gasteiger partial charge in [-0.05, 0) is 67.5 Å². The largest absolute Gasteiger partial charge is 0.503 e. The highest BCUT2D eigenvalue weighted by Crippen LogP contribution is 2.40. The second-order valence-electron chi connectivity index (χ2n) is 8.72. The molecule has 0 saturated heterocycles. The summed E-state index contributed by atoms with van der Waals surface area (Å²) in [4.78, 5) is 17.5. The summed E-state index contributed by atoms with van der Waals surface area (Å²) in [5.74, 6) is 0.303. The molecule has 0 spiro atoms. The van der Waals surface area contributed by atoms with Crippen molar-refractivity contribution < 1.29 is 14.6 Å². The third kappa shape index (κ3) is 4.92. The van der Waals surface area contributed by atoms with Crippen molar-refractivity contribution in [2.24, 2.45) is 5.73 Å². The monoisotopic (exact) mass is 467 g/mol. The summed E-state index contributed by atoms with van der Waals surface area (Å²) >= 11 is 6.23. The zero-order valence-corrected chi connectivity index (χ0v) is 19.8. The van der Waals surface area contributed by atoms with E-state index in [1.54, 1.807) is 18.3 Å². The lowest BCUT2D eigenvalue weighted by molar-refractivity contribution is 0.0982. The van der Waals surface area contributed by atoms with E-state index in [9.17, 15) is 9.90 Å². The number of carbonyl (C=O) groups excluding carboxylic acids is 1. The fraction of sp³-hybridized carbons (Fsp3) is 0.385. The van der Waals surface area contributed by atoms with E-state index in [1.165, 1.54) is 7.11 Å². The average molecular weight is 468 g/mol. The molecule has 6 nitrogen and oxygen atoms in total. The van der Waals surface area contributed by atoms with Gasteiger partial charge in [-0.2, -0.15) is 0 Å². The molecule has 4 N–H and O–H groups in total. The van der Waals surface area contributed by atoms with Gasteiger partial charge in [0, 0.05) is 30.1 Å². The van der Waals surface area contributed by atoms with Crippen LogP contribution in [0.3, 0.4) is 0 Å². The number of Topliss-reactive ketones (excluding diaryl/α,β-unsaturated/α-hetero) is 1. The van der Waals surface area contributed by atoms with Gasteiger partial charge in [-0.1, -0.05) is 24.6 Å². The van der Waals surface area contributed by atoms with Gasteiger partial charge in [-0.15, -0.1) is 0 Å². The number of phenols is 1. The maximum atomic E-state index is 13.0. The number of ketones is 1. The molecule has 0 radical (unpaired) electrons. The predicted octanol–water partition coefficient (Wildman–Crippen LogP) is 5.93. The first-order valence-corrected chi connectivity index (χ1v) is 11.8. The number of rotatable bonds is 7. The molecule has 174 valence electrons. The molecule has 0 unspecified atom stereocenters. The smallest absolute Gasteiger partial charge is 0.176 e. The fourth-order valence-electron chi connectivity index (χ4n) is 4.46. The molecule has 0 atom stereocenters. The Balaban J connectivity index is 1.83. The summed E-state index contributed by atoms with van der Waals surface area (Å²) in [6, 6.07) is 9.87. The van der Waals surface area contributed by atoms with Gasteiger partial charge in [0.05, 0.1) is 28.9 Å². The number of fused-ring (bicyclic) bond motifs is 1. The number of benzene rings is 2. The Kier molecular flexibility index (Phi) is 7.05. The molecule has 0 aliphatic heterocycles. The molecule has 33 heavy (non-hydrogen) atoms. The molecule has 1 saturated carbocycles. The minimum Gasteiger partial charge on any atom is -0.503 e. The first-order valence-electron chi connectivity index (χ1n) is 11.5. The van der Waals surface area contributed by atoms with Crippen LogP contribution in [0.25, 0.3) is 22.0 Å². The normalized spacial score (nSPS) is 18.3. The van der Waals surface area contributed by atoms with Crippen LogP contribution in [0.1, 0.15) is 55.8 Å². The molecule has 4 rings (SSSR count). The number of pyridine rings is 1. The van der Waals surface area contributed by atoms with E-state index in [0.29, 0.717) is 17.7 Å². The van der Waals surface area contributed by atoms with Crippen molar-refractivity contribution >= 4 is 34.0 Å². The van der Waals surface area contributed by atoms with Gasteiger partial charge < -0.3 is 20.9 Å². The highest BCUT2D eigenvalue weighted by Gasteiger charge is 2.22. The van der Waals surface area contributed by atoms with Crippen LogP contribution in [0.5, 0.6) is 11.5 Å². The van der Waals surface area contributed by atoms with Gasteiger partial charge in [0.1, 0.15) is 0 Å². The Labute approximate surface area is 199 Å². The third-order valence-corrected chi connectivity index (χ3v) is 6.64. The summed E-state index contributed by atoms with van der Waals surface area (Å²) < 4.78 is 5.27. The van der Waals surface area contributed by atoms with Crippen molar-refractivity contribution in [2.75, 3.05) is 12.4 Å². The minimum atomic E-state index is -0.0873. The van der Waals surface area contributed by atoms with E-state index in [4.69, 9.17) is 22.1 Å². The zero-order chi connectivity index (χ0) is 23.5. The Morgan fingerprint density at radius 3 is 2.67 bits per heavy atom. The molecule has 1 aromatic heterocycles. The van der Waals surface area contributed by atoms with Crippen molar-refractivity contribution in [3.63, 3.8) is 0 Å². The number of hydrogen-bond donors (Lipinski definition) is 3. The molecule has 2 aromatic carbocycles. The number of nitrogens with one attached hydrogen (secondary N) is 1. The summed E-state index contributed by atoms with van der Waals surface area (Å²) in [5, 5.41) is 14.9. The molecule has 1 heterocycles. The Bertz CT molecular complexity index is 1170. The Hall–Kier alpha value is -2.83. The van der Waals surface area contributed by atoms with Gasteiger partial charge in [0.25, 0.3) is 0 Å². The number of ether oxygens (including phenoxy) is 1. The lowest BCUT2D eigenvalue weighted by atomic mass is 9.91. The van der Waals surface area contributed by atoms with Crippen molar-refractivity contribution in [1.82, 2.24) is 4.98 Å². The number of carbonyl (C=O) groups is 1. The van der Waals surface area contributed by atoms with Crippen LogP contribution in [0, 0.1) is 0 Å². The zero-order valence-electron chi connectivity index (χ0n) is 19.0. The third-order valence-electron chi connectivity index (χ3n) is 6.35. The number of anilines is 1. The first kappa shape index (κ1) is 23.3. The van der Waals surface area contributed by atoms with E-state index in [0.717, 1.165) is 59.8 Å². The van der Waals surface area contributed by atoms with E-state index in [-0.39, 0.29) is 28.6 Å². The highest BCUT2D eigenvalue weighted by atomic mass is 35.5. The lowest BCUT2D eigenvalue weighted by Crippen LogP contribution is -2.33. The van der Waals surface area contributed by atoms with Gasteiger partial charge in [-0.3, -0.25) is 9.78 Å². The van der Waals surface area contributed by atoms with Crippen LogP contribution in [0.15, 0.2) is 36.5 Å². The molecule has 3 aromatic rings. The van der Waals surface area contributed by atoms with Crippen LogP contribution < -0.4 is 15.8 Å². The summed E-state index contributed by atoms with van der Waals surface area (Å²) in [7, 11) is 1.49. The van der Waals surface area contributed by atoms with Gasteiger partial charge >= 0.3 is 0 Å². The molecule has 0 bridgehead atoms. The van der Waals surface area contributed by atoms with Crippen LogP contribution >= 0.6 is 11.6 Å². The van der Waals surface area contributed by atoms with Gasteiger partial charge in [-0.25, -0.2) is 0 Å². The molecular weight excluding hydrogens is 438 g/mol. The molecule has 1 aliphatic carbocycles. The minimum absolute atomic E-state index is 0.0849. The van der Waals surface area contributed by atoms with Gasteiger partial charge in [0.2, 0.25) is 0 Å². The topological polar surface area (TPSA) is 97.5 Å². The standard InChI is InChI=1S/C26H30ClN3O3/c1-3-4-23(31)20-14-29-22-10-5-15(16-12-21(27)26(32)24(13-16)33-2)11-19(22)25(20)30-18-8-6-17(28)7-9-18/h5,10-14,17-18,32H,3-4,6-9,28H2,1-2H3,(H,29,30)/t17-,18-. The molecule has 1 fully saturated rings. The van der Waals surface area contributed by atoms with E-state index in [2.05, 4.69) is 10.3 Å². The number of aromatic nitrogens is 1. The molecule has 0 amide bonds. The average Bonchev–Trinajstić information content (AvgIpc) is 2.82. The molecule has 7 heteroatoms. The van der Waals surface area contributed by atoms with E-state index < -0.39 is 0 Å². The van der Waals surface area contributed by atoms with Crippen LogP contribution in [0.4, 0.5) is 5.69 Å². The summed E-state index contributed by atoms with van der Waals surface area (Å²) in [5.41, 5.74) is 10.0. The Morgan fingerprint density at radius 2 is 1.97 bits per heavy atom. The first-order chi connectivity index (χ1) is 15.9. The number of nitrogens with two attached hydrogens (primary N) is 1. The Morgan fingerprint density at radius 1 is 1.21 bits per heavy atom. The lowest BCUT2D eigenvalue weighted by Gasteiger charge is -2.29. The maximum absolute atomic E-state index is 13.0. The number of halogens is 1. The highest BCUT2D eigenvalue weighted by molar-refractivity contribution is 6.32. The number of hydrogen-bond acceptors (Lipinski definition) is 6. The fourth-order valence-corrected chi connectivity index (χ4v) is 4.68. The summed E-state index contributed by atoms with van der Waals surface area (Å²) in [6.07, 6.45) is 6.82. The van der Waals surface area contributed by atoms with Gasteiger partial charge in [0.15, 0.2) is 17.3 Å². The van der Waals surface area contributed by atoms with Crippen LogP contribution in [-0.2, 0) is 0 Å². The van der Waals surface area contributed by atoms with Crippen LogP contribution in [0.2, 0.25) is 5.02 Å².